The van der Waals surface area contributed by atoms with E-state index in [-0.39, 0.29) is 0 Å². The Hall–Kier alpha value is -1.26. The maximum absolute atomic E-state index is 5.98. The van der Waals surface area contributed by atoms with Crippen molar-refractivity contribution in [1.82, 2.24) is 4.90 Å². The number of rotatable bonds is 5. The van der Waals surface area contributed by atoms with Crippen LogP contribution in [0, 0.1) is 5.92 Å². The lowest BCUT2D eigenvalue weighted by atomic mass is 9.92. The lowest BCUT2D eigenvalue weighted by Gasteiger charge is -2.32. The molecule has 2 unspecified atom stereocenters. The molecule has 1 saturated heterocycles. The van der Waals surface area contributed by atoms with Gasteiger partial charge in [-0.15, -0.1) is 0 Å². The molecule has 0 amide bonds. The Morgan fingerprint density at radius 1 is 1.30 bits per heavy atom. The second-order valence-corrected chi connectivity index (χ2v) is 5.67. The van der Waals surface area contributed by atoms with Crippen LogP contribution in [0.25, 0.3) is 0 Å². The second kappa shape index (κ2) is 6.46. The van der Waals surface area contributed by atoms with Gasteiger partial charge < -0.3 is 15.2 Å². The molecule has 2 rings (SSSR count). The molecule has 1 aliphatic heterocycles. The summed E-state index contributed by atoms with van der Waals surface area (Å²) in [5, 5.41) is 0. The van der Waals surface area contributed by atoms with Crippen molar-refractivity contribution < 1.29 is 9.47 Å². The summed E-state index contributed by atoms with van der Waals surface area (Å²) in [4.78, 5) is 2.52. The zero-order valence-electron chi connectivity index (χ0n) is 12.9. The van der Waals surface area contributed by atoms with Gasteiger partial charge in [0.1, 0.15) is 11.5 Å². The highest BCUT2D eigenvalue weighted by molar-refractivity contribution is 5.43. The predicted molar refractivity (Wildman–Crippen MR) is 81.3 cm³/mol. The van der Waals surface area contributed by atoms with E-state index in [2.05, 4.69) is 24.8 Å². The van der Waals surface area contributed by atoms with Crippen molar-refractivity contribution in [2.45, 2.75) is 32.4 Å². The highest BCUT2D eigenvalue weighted by atomic mass is 16.5. The Morgan fingerprint density at radius 3 is 2.60 bits per heavy atom. The number of nitrogens with zero attached hydrogens (tertiary/aromatic N) is 1. The zero-order valence-corrected chi connectivity index (χ0v) is 12.9. The maximum Gasteiger partial charge on any atom is 0.127 e. The lowest BCUT2D eigenvalue weighted by molar-refractivity contribution is 0.181. The van der Waals surface area contributed by atoms with Gasteiger partial charge in [0.25, 0.3) is 0 Å². The molecule has 4 heteroatoms. The van der Waals surface area contributed by atoms with Crippen molar-refractivity contribution in [3.8, 4) is 11.5 Å². The Kier molecular flexibility index (Phi) is 4.89. The molecule has 4 nitrogen and oxygen atoms in total. The number of hydrogen-bond acceptors (Lipinski definition) is 4. The van der Waals surface area contributed by atoms with Crippen LogP contribution in [0.15, 0.2) is 18.2 Å². The van der Waals surface area contributed by atoms with Crippen LogP contribution in [-0.4, -0.2) is 38.3 Å². The molecule has 0 radical (unpaired) electrons. The van der Waals surface area contributed by atoms with Crippen molar-refractivity contribution in [1.29, 1.82) is 0 Å². The van der Waals surface area contributed by atoms with Crippen LogP contribution < -0.4 is 15.2 Å². The molecule has 0 spiro atoms. The molecule has 1 fully saturated rings. The monoisotopic (exact) mass is 278 g/mol. The van der Waals surface area contributed by atoms with Crippen LogP contribution in [0.3, 0.4) is 0 Å². The molecule has 2 atom stereocenters. The molecule has 20 heavy (non-hydrogen) atoms. The van der Waals surface area contributed by atoms with Gasteiger partial charge in [-0.05, 0) is 45.3 Å². The number of benzene rings is 1. The summed E-state index contributed by atoms with van der Waals surface area (Å²) in [5.41, 5.74) is 7.20. The van der Waals surface area contributed by atoms with Gasteiger partial charge in [-0.2, -0.15) is 0 Å². The number of ether oxygens (including phenoxy) is 2. The maximum atomic E-state index is 5.98. The normalized spacial score (nSPS) is 23.3. The highest BCUT2D eigenvalue weighted by Gasteiger charge is 2.37. The first kappa shape index (κ1) is 15.1. The third kappa shape index (κ3) is 2.76. The number of methoxy groups -OCH3 is 2. The fourth-order valence-corrected chi connectivity index (χ4v) is 3.20. The van der Waals surface area contributed by atoms with Gasteiger partial charge in [0, 0.05) is 23.7 Å². The topological polar surface area (TPSA) is 47.7 Å². The Balaban J connectivity index is 2.40. The van der Waals surface area contributed by atoms with E-state index >= 15 is 0 Å². The third-order valence-electron chi connectivity index (χ3n) is 4.29. The SMILES string of the molecule is COc1ccc(C2C(CN)CCN2C(C)C)c(OC)c1. The summed E-state index contributed by atoms with van der Waals surface area (Å²) in [6.45, 7) is 6.28. The van der Waals surface area contributed by atoms with E-state index in [9.17, 15) is 0 Å². The molecule has 2 N–H and O–H groups in total. The molecular weight excluding hydrogens is 252 g/mol. The molecule has 1 aromatic rings. The van der Waals surface area contributed by atoms with Crippen molar-refractivity contribution in [2.75, 3.05) is 27.3 Å². The molecule has 1 aromatic carbocycles. The molecular formula is C16H26N2O2. The Morgan fingerprint density at radius 2 is 2.05 bits per heavy atom. The Bertz CT molecular complexity index is 448. The second-order valence-electron chi connectivity index (χ2n) is 5.67. The fourth-order valence-electron chi connectivity index (χ4n) is 3.20. The van der Waals surface area contributed by atoms with E-state index in [1.165, 1.54) is 5.56 Å². The van der Waals surface area contributed by atoms with Gasteiger partial charge in [0.05, 0.1) is 14.2 Å². The lowest BCUT2D eigenvalue weighted by Crippen LogP contribution is -2.33. The summed E-state index contributed by atoms with van der Waals surface area (Å²) >= 11 is 0. The average Bonchev–Trinajstić information content (AvgIpc) is 2.90. The number of nitrogens with two attached hydrogens (primary N) is 1. The largest absolute Gasteiger partial charge is 0.497 e. The summed E-state index contributed by atoms with van der Waals surface area (Å²) in [5.74, 6) is 2.20. The minimum Gasteiger partial charge on any atom is -0.497 e. The first-order valence-electron chi connectivity index (χ1n) is 7.30. The van der Waals surface area contributed by atoms with E-state index in [0.717, 1.165) is 24.5 Å². The van der Waals surface area contributed by atoms with E-state index in [4.69, 9.17) is 15.2 Å². The van der Waals surface area contributed by atoms with Crippen LogP contribution in [0.4, 0.5) is 0 Å². The standard InChI is InChI=1S/C16H26N2O2/c1-11(2)18-8-7-12(10-17)16(18)14-6-5-13(19-3)9-15(14)20-4/h5-6,9,11-12,16H,7-8,10,17H2,1-4H3. The quantitative estimate of drug-likeness (QED) is 0.898. The van der Waals surface area contributed by atoms with Gasteiger partial charge >= 0.3 is 0 Å². The van der Waals surface area contributed by atoms with Crippen molar-refractivity contribution >= 4 is 0 Å². The average molecular weight is 278 g/mol. The zero-order chi connectivity index (χ0) is 14.7. The highest BCUT2D eigenvalue weighted by Crippen LogP contribution is 2.42. The van der Waals surface area contributed by atoms with Crippen molar-refractivity contribution in [2.24, 2.45) is 11.7 Å². The fraction of sp³-hybridized carbons (Fsp3) is 0.625. The summed E-state index contributed by atoms with van der Waals surface area (Å²) in [7, 11) is 3.39. The van der Waals surface area contributed by atoms with Gasteiger partial charge in [0.15, 0.2) is 0 Å². The predicted octanol–water partition coefficient (Wildman–Crippen LogP) is 2.43. The van der Waals surface area contributed by atoms with Gasteiger partial charge in [0.2, 0.25) is 0 Å². The van der Waals surface area contributed by atoms with E-state index in [1.54, 1.807) is 14.2 Å². The molecule has 0 saturated carbocycles. The van der Waals surface area contributed by atoms with E-state index in [0.29, 0.717) is 24.5 Å². The van der Waals surface area contributed by atoms with Gasteiger partial charge in [-0.3, -0.25) is 4.90 Å². The minimum absolute atomic E-state index is 0.334. The van der Waals surface area contributed by atoms with Gasteiger partial charge in [-0.25, -0.2) is 0 Å². The van der Waals surface area contributed by atoms with Crippen LogP contribution in [0.1, 0.15) is 31.9 Å². The van der Waals surface area contributed by atoms with Crippen LogP contribution in [-0.2, 0) is 0 Å². The van der Waals surface area contributed by atoms with E-state index in [1.807, 2.05) is 12.1 Å². The first-order valence-corrected chi connectivity index (χ1v) is 7.30. The van der Waals surface area contributed by atoms with Crippen LogP contribution >= 0.6 is 0 Å². The van der Waals surface area contributed by atoms with Crippen molar-refractivity contribution in [3.05, 3.63) is 23.8 Å². The number of hydrogen-bond donors (Lipinski definition) is 1. The molecule has 0 bridgehead atoms. The molecule has 0 aliphatic carbocycles. The Labute approximate surface area is 121 Å². The third-order valence-corrected chi connectivity index (χ3v) is 4.29. The summed E-state index contributed by atoms with van der Waals surface area (Å²) in [6, 6.07) is 6.91. The summed E-state index contributed by atoms with van der Waals surface area (Å²) in [6.07, 6.45) is 1.15. The van der Waals surface area contributed by atoms with Crippen LogP contribution in [0.5, 0.6) is 11.5 Å². The molecule has 1 heterocycles. The molecule has 1 aliphatic rings. The van der Waals surface area contributed by atoms with E-state index < -0.39 is 0 Å². The van der Waals surface area contributed by atoms with Gasteiger partial charge in [-0.1, -0.05) is 6.07 Å². The van der Waals surface area contributed by atoms with Crippen molar-refractivity contribution in [3.63, 3.8) is 0 Å². The smallest absolute Gasteiger partial charge is 0.127 e. The summed E-state index contributed by atoms with van der Waals surface area (Å²) < 4.78 is 10.9. The number of likely N-dealkylation sites (tertiary alicyclic amines) is 1. The van der Waals surface area contributed by atoms with Crippen LogP contribution in [0.2, 0.25) is 0 Å². The first-order chi connectivity index (χ1) is 9.62. The molecule has 112 valence electrons. The minimum atomic E-state index is 0.334. The molecule has 0 aromatic heterocycles.